The fourth-order valence-corrected chi connectivity index (χ4v) is 2.09. The maximum atomic E-state index is 12.3. The second-order valence-corrected chi connectivity index (χ2v) is 4.36. The molecule has 1 aliphatic heterocycles. The van der Waals surface area contributed by atoms with Gasteiger partial charge in [0.05, 0.1) is 19.3 Å². The van der Waals surface area contributed by atoms with Gasteiger partial charge in [-0.05, 0) is 25.5 Å². The lowest BCUT2D eigenvalue weighted by Gasteiger charge is -2.18. The highest BCUT2D eigenvalue weighted by Crippen LogP contribution is 2.32. The van der Waals surface area contributed by atoms with Crippen molar-refractivity contribution in [3.63, 3.8) is 0 Å². The molecule has 0 radical (unpaired) electrons. The predicted octanol–water partition coefficient (Wildman–Crippen LogP) is 2.89. The van der Waals surface area contributed by atoms with Crippen molar-refractivity contribution >= 4 is 5.69 Å². The number of anilines is 1. The standard InChI is InChI=1S/C13H17F2NO3/c1-8-10(5-6-18-8)16-9-3-4-11(17-2)12(7-9)19-13(14)15/h3-4,7-8,10,13,16H,5-6H2,1-2H3. The van der Waals surface area contributed by atoms with Crippen LogP contribution in [0.5, 0.6) is 11.5 Å². The Morgan fingerprint density at radius 2 is 2.16 bits per heavy atom. The molecule has 6 heteroatoms. The Labute approximate surface area is 110 Å². The maximum Gasteiger partial charge on any atom is 0.387 e. The number of hydrogen-bond acceptors (Lipinski definition) is 4. The van der Waals surface area contributed by atoms with E-state index in [-0.39, 0.29) is 23.6 Å². The first kappa shape index (κ1) is 13.9. The van der Waals surface area contributed by atoms with Gasteiger partial charge in [-0.25, -0.2) is 0 Å². The summed E-state index contributed by atoms with van der Waals surface area (Å²) in [6, 6.07) is 5.05. The topological polar surface area (TPSA) is 39.7 Å². The smallest absolute Gasteiger partial charge is 0.387 e. The van der Waals surface area contributed by atoms with E-state index in [1.807, 2.05) is 6.92 Å². The molecule has 1 aliphatic rings. The van der Waals surface area contributed by atoms with Crippen molar-refractivity contribution in [3.05, 3.63) is 18.2 Å². The molecule has 1 fully saturated rings. The Kier molecular flexibility index (Phi) is 4.42. The van der Waals surface area contributed by atoms with E-state index in [0.717, 1.165) is 6.42 Å². The maximum absolute atomic E-state index is 12.3. The number of hydrogen-bond donors (Lipinski definition) is 1. The molecule has 1 N–H and O–H groups in total. The number of rotatable bonds is 5. The van der Waals surface area contributed by atoms with Crippen molar-refractivity contribution in [1.29, 1.82) is 0 Å². The Bertz CT molecular complexity index is 428. The molecule has 2 unspecified atom stereocenters. The van der Waals surface area contributed by atoms with Gasteiger partial charge in [-0.3, -0.25) is 0 Å². The van der Waals surface area contributed by atoms with E-state index in [4.69, 9.17) is 9.47 Å². The molecule has 2 rings (SSSR count). The van der Waals surface area contributed by atoms with Crippen molar-refractivity contribution < 1.29 is 23.0 Å². The van der Waals surface area contributed by atoms with Gasteiger partial charge in [0.25, 0.3) is 0 Å². The van der Waals surface area contributed by atoms with E-state index in [0.29, 0.717) is 12.3 Å². The van der Waals surface area contributed by atoms with Crippen LogP contribution in [-0.4, -0.2) is 32.5 Å². The van der Waals surface area contributed by atoms with Crippen LogP contribution in [0, 0.1) is 0 Å². The third-order valence-corrected chi connectivity index (χ3v) is 3.11. The zero-order valence-electron chi connectivity index (χ0n) is 10.9. The first-order valence-electron chi connectivity index (χ1n) is 6.11. The van der Waals surface area contributed by atoms with Gasteiger partial charge in [0.15, 0.2) is 11.5 Å². The highest BCUT2D eigenvalue weighted by atomic mass is 19.3. The SMILES string of the molecule is COc1ccc(NC2CCOC2C)cc1OC(F)F. The largest absolute Gasteiger partial charge is 0.493 e. The molecule has 1 aromatic rings. The lowest BCUT2D eigenvalue weighted by Crippen LogP contribution is -2.26. The number of nitrogens with one attached hydrogen (secondary N) is 1. The van der Waals surface area contributed by atoms with Crippen LogP contribution in [0.15, 0.2) is 18.2 Å². The zero-order chi connectivity index (χ0) is 13.8. The number of methoxy groups -OCH3 is 1. The minimum atomic E-state index is -2.88. The van der Waals surface area contributed by atoms with Crippen LogP contribution in [0.4, 0.5) is 14.5 Å². The Morgan fingerprint density at radius 1 is 1.37 bits per heavy atom. The van der Waals surface area contributed by atoms with Crippen molar-refractivity contribution in [1.82, 2.24) is 0 Å². The Morgan fingerprint density at radius 3 is 2.74 bits per heavy atom. The second kappa shape index (κ2) is 6.06. The molecular weight excluding hydrogens is 256 g/mol. The molecule has 0 aromatic heterocycles. The number of benzene rings is 1. The summed E-state index contributed by atoms with van der Waals surface area (Å²) in [4.78, 5) is 0. The first-order chi connectivity index (χ1) is 9.10. The molecule has 0 amide bonds. The number of halogens is 2. The first-order valence-corrected chi connectivity index (χ1v) is 6.11. The molecular formula is C13H17F2NO3. The van der Waals surface area contributed by atoms with Gasteiger partial charge in [0.1, 0.15) is 0 Å². The predicted molar refractivity (Wildman–Crippen MR) is 67.1 cm³/mol. The van der Waals surface area contributed by atoms with Gasteiger partial charge in [-0.1, -0.05) is 0 Å². The fraction of sp³-hybridized carbons (Fsp3) is 0.538. The van der Waals surface area contributed by atoms with Crippen LogP contribution in [0.1, 0.15) is 13.3 Å². The van der Waals surface area contributed by atoms with Gasteiger partial charge in [0.2, 0.25) is 0 Å². The van der Waals surface area contributed by atoms with Crippen LogP contribution < -0.4 is 14.8 Å². The molecule has 1 heterocycles. The van der Waals surface area contributed by atoms with Gasteiger partial charge in [-0.2, -0.15) is 8.78 Å². The van der Waals surface area contributed by atoms with Crippen LogP contribution >= 0.6 is 0 Å². The molecule has 2 atom stereocenters. The van der Waals surface area contributed by atoms with Gasteiger partial charge >= 0.3 is 6.61 Å². The molecule has 1 saturated heterocycles. The molecule has 4 nitrogen and oxygen atoms in total. The number of ether oxygens (including phenoxy) is 3. The van der Waals surface area contributed by atoms with E-state index in [2.05, 4.69) is 10.1 Å². The van der Waals surface area contributed by atoms with E-state index in [9.17, 15) is 8.78 Å². The van der Waals surface area contributed by atoms with E-state index in [1.165, 1.54) is 13.2 Å². The molecule has 1 aromatic carbocycles. The molecule has 106 valence electrons. The van der Waals surface area contributed by atoms with Gasteiger partial charge in [0, 0.05) is 18.4 Å². The molecule has 0 spiro atoms. The van der Waals surface area contributed by atoms with Crippen LogP contribution in [0.25, 0.3) is 0 Å². The highest BCUT2D eigenvalue weighted by molar-refractivity contribution is 5.55. The Hall–Kier alpha value is -1.56. The third kappa shape index (κ3) is 3.47. The zero-order valence-corrected chi connectivity index (χ0v) is 10.9. The molecule has 0 saturated carbocycles. The van der Waals surface area contributed by atoms with Crippen molar-refractivity contribution in [3.8, 4) is 11.5 Å². The van der Waals surface area contributed by atoms with Crippen molar-refractivity contribution in [2.75, 3.05) is 19.0 Å². The number of alkyl halides is 2. The average molecular weight is 273 g/mol. The van der Waals surface area contributed by atoms with E-state index in [1.54, 1.807) is 12.1 Å². The van der Waals surface area contributed by atoms with E-state index < -0.39 is 6.61 Å². The summed E-state index contributed by atoms with van der Waals surface area (Å²) in [5.41, 5.74) is 0.707. The van der Waals surface area contributed by atoms with Crippen LogP contribution in [0.3, 0.4) is 0 Å². The summed E-state index contributed by atoms with van der Waals surface area (Å²) in [5, 5.41) is 3.25. The van der Waals surface area contributed by atoms with Crippen LogP contribution in [-0.2, 0) is 4.74 Å². The monoisotopic (exact) mass is 273 g/mol. The summed E-state index contributed by atoms with van der Waals surface area (Å²) < 4.78 is 39.5. The summed E-state index contributed by atoms with van der Waals surface area (Å²) in [5.74, 6) is 0.302. The summed E-state index contributed by atoms with van der Waals surface area (Å²) in [6.45, 7) is -0.196. The fourth-order valence-electron chi connectivity index (χ4n) is 2.09. The molecule has 19 heavy (non-hydrogen) atoms. The third-order valence-electron chi connectivity index (χ3n) is 3.11. The highest BCUT2D eigenvalue weighted by Gasteiger charge is 2.24. The molecule has 0 aliphatic carbocycles. The minimum absolute atomic E-state index is 0.0223. The minimum Gasteiger partial charge on any atom is -0.493 e. The summed E-state index contributed by atoms with van der Waals surface area (Å²) in [7, 11) is 1.41. The molecule has 0 bridgehead atoms. The quantitative estimate of drug-likeness (QED) is 0.895. The van der Waals surface area contributed by atoms with Gasteiger partial charge < -0.3 is 19.5 Å². The van der Waals surface area contributed by atoms with Crippen molar-refractivity contribution in [2.45, 2.75) is 32.1 Å². The Balaban J connectivity index is 2.12. The lowest BCUT2D eigenvalue weighted by molar-refractivity contribution is -0.0511. The lowest BCUT2D eigenvalue weighted by atomic mass is 10.1. The van der Waals surface area contributed by atoms with Crippen molar-refractivity contribution in [2.24, 2.45) is 0 Å². The summed E-state index contributed by atoms with van der Waals surface area (Å²) in [6.07, 6.45) is 0.986. The van der Waals surface area contributed by atoms with Crippen LogP contribution in [0.2, 0.25) is 0 Å². The normalized spacial score (nSPS) is 22.6. The van der Waals surface area contributed by atoms with Gasteiger partial charge in [-0.15, -0.1) is 0 Å². The summed E-state index contributed by atoms with van der Waals surface area (Å²) >= 11 is 0. The average Bonchev–Trinajstić information content (AvgIpc) is 2.75. The van der Waals surface area contributed by atoms with E-state index >= 15 is 0 Å². The second-order valence-electron chi connectivity index (χ2n) is 4.36.